The molecule has 172 valence electrons. The number of aryl methyl sites for hydroxylation is 1. The van der Waals surface area contributed by atoms with E-state index in [4.69, 9.17) is 4.74 Å². The predicted octanol–water partition coefficient (Wildman–Crippen LogP) is 5.92. The van der Waals surface area contributed by atoms with Gasteiger partial charge in [0, 0.05) is 17.8 Å². The van der Waals surface area contributed by atoms with Gasteiger partial charge in [-0.15, -0.1) is 16.8 Å². The molecule has 1 heterocycles. The summed E-state index contributed by atoms with van der Waals surface area (Å²) in [5, 5.41) is 12.0. The van der Waals surface area contributed by atoms with Gasteiger partial charge in [0.15, 0.2) is 11.0 Å². The van der Waals surface area contributed by atoms with Crippen molar-refractivity contribution in [2.75, 3.05) is 12.4 Å². The third-order valence-corrected chi connectivity index (χ3v) is 6.49. The van der Waals surface area contributed by atoms with Crippen molar-refractivity contribution < 1.29 is 9.53 Å². The van der Waals surface area contributed by atoms with Crippen LogP contribution in [-0.2, 0) is 11.3 Å². The highest BCUT2D eigenvalue weighted by molar-refractivity contribution is 8.00. The lowest BCUT2D eigenvalue weighted by molar-refractivity contribution is -0.115. The number of carbonyl (C=O) groups excluding carboxylic acids is 1. The molecule has 0 saturated carbocycles. The molecular weight excluding hydrogens is 444 g/mol. The predicted molar refractivity (Wildman–Crippen MR) is 137 cm³/mol. The first-order valence-electron chi connectivity index (χ1n) is 10.9. The summed E-state index contributed by atoms with van der Waals surface area (Å²) < 4.78 is 7.23. The van der Waals surface area contributed by atoms with E-state index in [-0.39, 0.29) is 5.91 Å². The Bertz CT molecular complexity index is 1250. The average molecular weight is 471 g/mol. The van der Waals surface area contributed by atoms with Crippen LogP contribution in [0, 0.1) is 6.92 Å². The van der Waals surface area contributed by atoms with E-state index in [1.54, 1.807) is 13.2 Å². The van der Waals surface area contributed by atoms with Crippen LogP contribution in [0.4, 0.5) is 5.69 Å². The average Bonchev–Trinajstić information content (AvgIpc) is 3.27. The quantitative estimate of drug-likeness (QED) is 0.243. The van der Waals surface area contributed by atoms with Crippen LogP contribution in [0.3, 0.4) is 0 Å². The molecule has 1 atom stereocenters. The van der Waals surface area contributed by atoms with Crippen LogP contribution in [0.5, 0.6) is 5.75 Å². The first-order chi connectivity index (χ1) is 16.6. The molecule has 6 nitrogen and oxygen atoms in total. The highest BCUT2D eigenvalue weighted by Gasteiger charge is 2.26. The Morgan fingerprint density at radius 2 is 1.76 bits per heavy atom. The fourth-order valence-corrected chi connectivity index (χ4v) is 4.52. The minimum absolute atomic E-state index is 0.126. The summed E-state index contributed by atoms with van der Waals surface area (Å²) in [4.78, 5) is 13.4. The topological polar surface area (TPSA) is 69.0 Å². The van der Waals surface area contributed by atoms with Gasteiger partial charge in [-0.2, -0.15) is 0 Å². The maximum absolute atomic E-state index is 13.4. The number of carbonyl (C=O) groups is 1. The number of thioether (sulfide) groups is 1. The van der Waals surface area contributed by atoms with E-state index in [9.17, 15) is 4.79 Å². The molecule has 7 heteroatoms. The van der Waals surface area contributed by atoms with Gasteiger partial charge < -0.3 is 10.1 Å². The van der Waals surface area contributed by atoms with E-state index < -0.39 is 5.25 Å². The second-order valence-electron chi connectivity index (χ2n) is 7.70. The van der Waals surface area contributed by atoms with Crippen LogP contribution in [-0.4, -0.2) is 27.8 Å². The van der Waals surface area contributed by atoms with Gasteiger partial charge in [-0.3, -0.25) is 9.36 Å². The summed E-state index contributed by atoms with van der Waals surface area (Å²) in [5.74, 6) is 1.35. The van der Waals surface area contributed by atoms with E-state index >= 15 is 0 Å². The van der Waals surface area contributed by atoms with Crippen molar-refractivity contribution in [3.8, 4) is 17.1 Å². The Labute approximate surface area is 203 Å². The number of nitrogens with one attached hydrogen (secondary N) is 1. The van der Waals surface area contributed by atoms with Crippen LogP contribution < -0.4 is 10.1 Å². The van der Waals surface area contributed by atoms with E-state index in [2.05, 4.69) is 22.1 Å². The Kier molecular flexibility index (Phi) is 7.44. The van der Waals surface area contributed by atoms with Gasteiger partial charge in [0.2, 0.25) is 5.91 Å². The SMILES string of the molecule is C=CCn1c(SC(C(=O)Nc2ccc(C)cc2)c2ccccc2)nnc1-c1ccc(OC)cc1. The number of hydrogen-bond donors (Lipinski definition) is 1. The Morgan fingerprint density at radius 3 is 2.41 bits per heavy atom. The Morgan fingerprint density at radius 1 is 1.06 bits per heavy atom. The second-order valence-corrected chi connectivity index (χ2v) is 8.77. The molecule has 0 fully saturated rings. The number of amides is 1. The fraction of sp³-hybridized carbons (Fsp3) is 0.148. The smallest absolute Gasteiger partial charge is 0.242 e. The summed E-state index contributed by atoms with van der Waals surface area (Å²) in [7, 11) is 1.63. The molecule has 0 aliphatic rings. The molecule has 0 aliphatic carbocycles. The molecule has 4 aromatic rings. The molecule has 3 aromatic carbocycles. The molecular formula is C27H26N4O2S. The van der Waals surface area contributed by atoms with Gasteiger partial charge in [-0.1, -0.05) is 65.9 Å². The minimum atomic E-state index is -0.515. The summed E-state index contributed by atoms with van der Waals surface area (Å²) in [5.41, 5.74) is 3.68. The molecule has 0 aliphatic heterocycles. The Hall–Kier alpha value is -3.84. The van der Waals surface area contributed by atoms with Crippen molar-refractivity contribution in [1.82, 2.24) is 14.8 Å². The number of benzene rings is 3. The van der Waals surface area contributed by atoms with Crippen LogP contribution in [0.2, 0.25) is 0 Å². The molecule has 1 aromatic heterocycles. The molecule has 0 spiro atoms. The van der Waals surface area contributed by atoms with Crippen LogP contribution in [0.1, 0.15) is 16.4 Å². The number of anilines is 1. The van der Waals surface area contributed by atoms with Gasteiger partial charge in [0.05, 0.1) is 7.11 Å². The van der Waals surface area contributed by atoms with Crippen LogP contribution in [0.15, 0.2) is 96.7 Å². The molecule has 0 radical (unpaired) electrons. The molecule has 4 rings (SSSR count). The lowest BCUT2D eigenvalue weighted by atomic mass is 10.1. The summed E-state index contributed by atoms with van der Waals surface area (Å²) >= 11 is 1.37. The molecule has 1 unspecified atom stereocenters. The zero-order valence-electron chi connectivity index (χ0n) is 19.1. The van der Waals surface area contributed by atoms with Crippen LogP contribution >= 0.6 is 11.8 Å². The van der Waals surface area contributed by atoms with Crippen molar-refractivity contribution in [3.05, 3.63) is 103 Å². The zero-order chi connectivity index (χ0) is 23.9. The summed E-state index contributed by atoms with van der Waals surface area (Å²) in [6, 6.07) is 25.1. The third kappa shape index (κ3) is 5.38. The standard InChI is InChI=1S/C27H26N4O2S/c1-4-18-31-25(21-12-16-23(33-3)17-13-21)29-30-27(31)34-24(20-8-6-5-7-9-20)26(32)28-22-14-10-19(2)11-15-22/h4-17,24H,1,18H2,2-3H3,(H,28,32). The highest BCUT2D eigenvalue weighted by atomic mass is 32.2. The third-order valence-electron chi connectivity index (χ3n) is 5.26. The number of methoxy groups -OCH3 is 1. The Balaban J connectivity index is 1.66. The van der Waals surface area contributed by atoms with Gasteiger partial charge in [-0.25, -0.2) is 0 Å². The van der Waals surface area contributed by atoms with Crippen molar-refractivity contribution in [2.24, 2.45) is 0 Å². The maximum Gasteiger partial charge on any atom is 0.242 e. The van der Waals surface area contributed by atoms with Crippen molar-refractivity contribution in [3.63, 3.8) is 0 Å². The fourth-order valence-electron chi connectivity index (χ4n) is 3.47. The van der Waals surface area contributed by atoms with Crippen LogP contribution in [0.25, 0.3) is 11.4 Å². The summed E-state index contributed by atoms with van der Waals surface area (Å²) in [6.07, 6.45) is 1.80. The highest BCUT2D eigenvalue weighted by Crippen LogP contribution is 2.37. The van der Waals surface area contributed by atoms with Gasteiger partial charge in [-0.05, 0) is 48.9 Å². The van der Waals surface area contributed by atoms with E-state index in [1.165, 1.54) is 11.8 Å². The lowest BCUT2D eigenvalue weighted by Crippen LogP contribution is -2.19. The number of ether oxygens (including phenoxy) is 1. The number of rotatable bonds is 9. The summed E-state index contributed by atoms with van der Waals surface area (Å²) in [6.45, 7) is 6.42. The van der Waals surface area contributed by atoms with Gasteiger partial charge in [0.1, 0.15) is 11.0 Å². The second kappa shape index (κ2) is 10.9. The number of allylic oxidation sites excluding steroid dienone is 1. The monoisotopic (exact) mass is 470 g/mol. The number of nitrogens with zero attached hydrogens (tertiary/aromatic N) is 3. The van der Waals surface area contributed by atoms with Crippen molar-refractivity contribution in [2.45, 2.75) is 23.9 Å². The molecule has 1 N–H and O–H groups in total. The molecule has 34 heavy (non-hydrogen) atoms. The zero-order valence-corrected chi connectivity index (χ0v) is 20.0. The molecule has 0 saturated heterocycles. The number of hydrogen-bond acceptors (Lipinski definition) is 5. The van der Waals surface area contributed by atoms with E-state index in [0.717, 1.165) is 28.1 Å². The first-order valence-corrected chi connectivity index (χ1v) is 11.7. The van der Waals surface area contributed by atoms with Gasteiger partial charge >= 0.3 is 0 Å². The minimum Gasteiger partial charge on any atom is -0.497 e. The molecule has 0 bridgehead atoms. The molecule has 1 amide bonds. The van der Waals surface area contributed by atoms with E-state index in [0.29, 0.717) is 17.5 Å². The first kappa shape index (κ1) is 23.3. The van der Waals surface area contributed by atoms with Crippen molar-refractivity contribution >= 4 is 23.4 Å². The largest absolute Gasteiger partial charge is 0.497 e. The maximum atomic E-state index is 13.4. The number of aromatic nitrogens is 3. The van der Waals surface area contributed by atoms with Crippen molar-refractivity contribution in [1.29, 1.82) is 0 Å². The van der Waals surface area contributed by atoms with E-state index in [1.807, 2.05) is 90.4 Å². The lowest BCUT2D eigenvalue weighted by Gasteiger charge is -2.17. The van der Waals surface area contributed by atoms with Gasteiger partial charge in [0.25, 0.3) is 0 Å². The normalized spacial score (nSPS) is 11.6.